The lowest BCUT2D eigenvalue weighted by Gasteiger charge is -2.11. The predicted octanol–water partition coefficient (Wildman–Crippen LogP) is 2.93. The molecule has 1 aromatic carbocycles. The van der Waals surface area contributed by atoms with Gasteiger partial charge in [-0.2, -0.15) is 5.26 Å². The average molecular weight is 329 g/mol. The molecule has 0 aliphatic carbocycles. The molecule has 0 spiro atoms. The smallest absolute Gasteiger partial charge is 0.233 e. The summed E-state index contributed by atoms with van der Waals surface area (Å²) in [5, 5.41) is 12.0. The van der Waals surface area contributed by atoms with Gasteiger partial charge in [0.25, 0.3) is 0 Å². The average Bonchev–Trinajstić information content (AvgIpc) is 2.56. The highest BCUT2D eigenvalue weighted by Crippen LogP contribution is 2.21. The SMILES string of the molecule is C[C@H](Sc1cc(C#N)ccn1)C(=O)NCCc1ccc(F)cc1. The van der Waals surface area contributed by atoms with E-state index in [0.29, 0.717) is 23.6 Å². The monoisotopic (exact) mass is 329 g/mol. The molecule has 2 rings (SSSR count). The number of hydrogen-bond donors (Lipinski definition) is 1. The molecule has 118 valence electrons. The number of nitrogens with zero attached hydrogens (tertiary/aromatic N) is 2. The fourth-order valence-electron chi connectivity index (χ4n) is 1.90. The van der Waals surface area contributed by atoms with E-state index in [1.54, 1.807) is 37.4 Å². The minimum atomic E-state index is -0.315. The number of thioether (sulfide) groups is 1. The van der Waals surface area contributed by atoms with Gasteiger partial charge < -0.3 is 5.32 Å². The lowest BCUT2D eigenvalue weighted by Crippen LogP contribution is -2.32. The van der Waals surface area contributed by atoms with Crippen LogP contribution < -0.4 is 5.32 Å². The van der Waals surface area contributed by atoms with Gasteiger partial charge in [0, 0.05) is 12.7 Å². The molecule has 23 heavy (non-hydrogen) atoms. The Morgan fingerprint density at radius 2 is 2.13 bits per heavy atom. The largest absolute Gasteiger partial charge is 0.355 e. The van der Waals surface area contributed by atoms with E-state index in [2.05, 4.69) is 10.3 Å². The van der Waals surface area contributed by atoms with Gasteiger partial charge >= 0.3 is 0 Å². The number of nitriles is 1. The maximum Gasteiger partial charge on any atom is 0.233 e. The lowest BCUT2D eigenvalue weighted by molar-refractivity contribution is -0.120. The highest BCUT2D eigenvalue weighted by Gasteiger charge is 2.14. The van der Waals surface area contributed by atoms with Crippen LogP contribution in [0.4, 0.5) is 4.39 Å². The van der Waals surface area contributed by atoms with Crippen molar-refractivity contribution in [1.82, 2.24) is 10.3 Å². The van der Waals surface area contributed by atoms with Crippen molar-refractivity contribution >= 4 is 17.7 Å². The van der Waals surface area contributed by atoms with Crippen molar-refractivity contribution in [3.63, 3.8) is 0 Å². The number of benzene rings is 1. The molecule has 0 aliphatic rings. The van der Waals surface area contributed by atoms with E-state index in [4.69, 9.17) is 5.26 Å². The number of nitrogens with one attached hydrogen (secondary N) is 1. The molecule has 1 atom stereocenters. The van der Waals surface area contributed by atoms with Crippen molar-refractivity contribution in [2.45, 2.75) is 23.6 Å². The number of carbonyl (C=O) groups excluding carboxylic acids is 1. The third-order valence-corrected chi connectivity index (χ3v) is 4.19. The Bertz CT molecular complexity index is 713. The maximum absolute atomic E-state index is 12.8. The molecule has 0 saturated heterocycles. The van der Waals surface area contributed by atoms with Gasteiger partial charge in [0.2, 0.25) is 5.91 Å². The van der Waals surface area contributed by atoms with E-state index < -0.39 is 0 Å². The fourth-order valence-corrected chi connectivity index (χ4v) is 2.77. The molecule has 0 saturated carbocycles. The molecule has 0 fully saturated rings. The van der Waals surface area contributed by atoms with Crippen LogP contribution in [-0.2, 0) is 11.2 Å². The number of amides is 1. The standard InChI is InChI=1S/C17H16FN3OS/c1-12(23-16-10-14(11-19)7-8-20-16)17(22)21-9-6-13-2-4-15(18)5-3-13/h2-5,7-8,10,12H,6,9H2,1H3,(H,21,22)/t12-/m0/s1. The summed E-state index contributed by atoms with van der Waals surface area (Å²) in [7, 11) is 0. The third kappa shape index (κ3) is 5.38. The second-order valence-electron chi connectivity index (χ2n) is 4.92. The van der Waals surface area contributed by atoms with Gasteiger partial charge in [0.15, 0.2) is 0 Å². The molecule has 4 nitrogen and oxygen atoms in total. The zero-order chi connectivity index (χ0) is 16.7. The van der Waals surface area contributed by atoms with Gasteiger partial charge in [-0.05, 0) is 43.2 Å². The van der Waals surface area contributed by atoms with Gasteiger partial charge in [-0.3, -0.25) is 4.79 Å². The van der Waals surface area contributed by atoms with Crippen LogP contribution in [0.5, 0.6) is 0 Å². The summed E-state index contributed by atoms with van der Waals surface area (Å²) in [6.45, 7) is 2.28. The van der Waals surface area contributed by atoms with Crippen LogP contribution in [0.2, 0.25) is 0 Å². The normalized spacial score (nSPS) is 11.5. The van der Waals surface area contributed by atoms with Crippen LogP contribution in [0.15, 0.2) is 47.6 Å². The highest BCUT2D eigenvalue weighted by atomic mass is 32.2. The summed E-state index contributed by atoms with van der Waals surface area (Å²) in [6.07, 6.45) is 2.20. The van der Waals surface area contributed by atoms with Crippen molar-refractivity contribution < 1.29 is 9.18 Å². The van der Waals surface area contributed by atoms with Gasteiger partial charge in [0.05, 0.1) is 21.9 Å². The Morgan fingerprint density at radius 3 is 2.83 bits per heavy atom. The predicted molar refractivity (Wildman–Crippen MR) is 87.4 cm³/mol. The molecule has 0 unspecified atom stereocenters. The first-order valence-electron chi connectivity index (χ1n) is 7.13. The van der Waals surface area contributed by atoms with E-state index >= 15 is 0 Å². The summed E-state index contributed by atoms with van der Waals surface area (Å²) in [4.78, 5) is 16.2. The molecule has 0 bridgehead atoms. The highest BCUT2D eigenvalue weighted by molar-refractivity contribution is 8.00. The summed E-state index contributed by atoms with van der Waals surface area (Å²) < 4.78 is 12.8. The molecule has 1 heterocycles. The molecular weight excluding hydrogens is 313 g/mol. The number of carbonyl (C=O) groups is 1. The molecule has 0 aliphatic heterocycles. The Hall–Kier alpha value is -2.39. The minimum absolute atomic E-state index is 0.0960. The van der Waals surface area contributed by atoms with E-state index in [1.807, 2.05) is 6.07 Å². The van der Waals surface area contributed by atoms with Gasteiger partial charge in [-0.25, -0.2) is 9.37 Å². The first-order valence-corrected chi connectivity index (χ1v) is 8.01. The Labute approximate surface area is 138 Å². The van der Waals surface area contributed by atoms with E-state index in [9.17, 15) is 9.18 Å². The van der Waals surface area contributed by atoms with Crippen molar-refractivity contribution in [3.8, 4) is 6.07 Å². The summed E-state index contributed by atoms with van der Waals surface area (Å²) in [6, 6.07) is 11.6. The summed E-state index contributed by atoms with van der Waals surface area (Å²) >= 11 is 1.31. The Morgan fingerprint density at radius 1 is 1.39 bits per heavy atom. The van der Waals surface area contributed by atoms with Gasteiger partial charge in [-0.15, -0.1) is 0 Å². The van der Waals surface area contributed by atoms with E-state index in [1.165, 1.54) is 23.9 Å². The fraction of sp³-hybridized carbons (Fsp3) is 0.235. The number of halogens is 1. The van der Waals surface area contributed by atoms with E-state index in [0.717, 1.165) is 5.56 Å². The van der Waals surface area contributed by atoms with Crippen molar-refractivity contribution in [3.05, 3.63) is 59.5 Å². The molecule has 2 aromatic rings. The number of rotatable bonds is 6. The first-order chi connectivity index (χ1) is 11.1. The lowest BCUT2D eigenvalue weighted by atomic mass is 10.1. The summed E-state index contributed by atoms with van der Waals surface area (Å²) in [5.74, 6) is -0.365. The van der Waals surface area contributed by atoms with Crippen LogP contribution >= 0.6 is 11.8 Å². The van der Waals surface area contributed by atoms with Gasteiger partial charge in [0.1, 0.15) is 5.82 Å². The first kappa shape index (κ1) is 17.0. The van der Waals surface area contributed by atoms with E-state index in [-0.39, 0.29) is 17.0 Å². The van der Waals surface area contributed by atoms with Crippen LogP contribution in [0.25, 0.3) is 0 Å². The molecular formula is C17H16FN3OS. The van der Waals surface area contributed by atoms with Crippen molar-refractivity contribution in [2.75, 3.05) is 6.54 Å². The van der Waals surface area contributed by atoms with Crippen molar-refractivity contribution in [1.29, 1.82) is 5.26 Å². The van der Waals surface area contributed by atoms with Crippen LogP contribution in [0.3, 0.4) is 0 Å². The maximum atomic E-state index is 12.8. The second-order valence-corrected chi connectivity index (χ2v) is 6.28. The molecule has 0 radical (unpaired) electrons. The molecule has 6 heteroatoms. The minimum Gasteiger partial charge on any atom is -0.355 e. The molecule has 1 N–H and O–H groups in total. The quantitative estimate of drug-likeness (QED) is 0.828. The third-order valence-electron chi connectivity index (χ3n) is 3.16. The van der Waals surface area contributed by atoms with Crippen molar-refractivity contribution in [2.24, 2.45) is 0 Å². The van der Waals surface area contributed by atoms with Crippen LogP contribution in [-0.4, -0.2) is 22.7 Å². The van der Waals surface area contributed by atoms with Crippen LogP contribution in [0.1, 0.15) is 18.1 Å². The number of pyridine rings is 1. The topological polar surface area (TPSA) is 65.8 Å². The number of hydrogen-bond acceptors (Lipinski definition) is 4. The summed E-state index contributed by atoms with van der Waals surface area (Å²) in [5.41, 5.74) is 1.49. The number of aromatic nitrogens is 1. The van der Waals surface area contributed by atoms with Crippen LogP contribution in [0, 0.1) is 17.1 Å². The molecule has 1 amide bonds. The van der Waals surface area contributed by atoms with Gasteiger partial charge in [-0.1, -0.05) is 23.9 Å². The second kappa shape index (κ2) is 8.30. The Kier molecular flexibility index (Phi) is 6.12. The molecule has 1 aromatic heterocycles. The zero-order valence-corrected chi connectivity index (χ0v) is 13.4. The Balaban J connectivity index is 1.80. The zero-order valence-electron chi connectivity index (χ0n) is 12.6.